The van der Waals surface area contributed by atoms with E-state index in [0.717, 1.165) is 41.8 Å². The monoisotopic (exact) mass is 312 g/mol. The highest BCUT2D eigenvalue weighted by Gasteiger charge is 2.27. The zero-order chi connectivity index (χ0) is 13.1. The van der Waals surface area contributed by atoms with Gasteiger partial charge in [0, 0.05) is 0 Å². The summed E-state index contributed by atoms with van der Waals surface area (Å²) in [6.45, 7) is 2.28. The normalized spacial score (nSPS) is 28.1. The predicted octanol–water partition coefficient (Wildman–Crippen LogP) is 3.80. The maximum Gasteiger partial charge on any atom is 0.133 e. The molecule has 0 amide bonds. The predicted molar refractivity (Wildman–Crippen MR) is 76.9 cm³/mol. The van der Waals surface area contributed by atoms with E-state index in [2.05, 4.69) is 35.0 Å². The highest BCUT2D eigenvalue weighted by atomic mass is 79.9. The van der Waals surface area contributed by atoms with Crippen LogP contribution in [0.2, 0.25) is 0 Å². The molecule has 0 saturated heterocycles. The van der Waals surface area contributed by atoms with E-state index in [1.807, 2.05) is 6.07 Å². The van der Waals surface area contributed by atoms with Crippen molar-refractivity contribution in [1.29, 1.82) is 0 Å². The van der Waals surface area contributed by atoms with Crippen LogP contribution in [0.15, 0.2) is 22.7 Å². The van der Waals surface area contributed by atoms with Crippen molar-refractivity contribution in [2.45, 2.75) is 38.7 Å². The second-order valence-electron chi connectivity index (χ2n) is 5.42. The molecule has 0 aliphatic heterocycles. The molecule has 18 heavy (non-hydrogen) atoms. The average molecular weight is 313 g/mol. The van der Waals surface area contributed by atoms with Gasteiger partial charge in [0.2, 0.25) is 0 Å². The van der Waals surface area contributed by atoms with E-state index in [1.54, 1.807) is 7.11 Å². The number of aliphatic hydroxyl groups is 1. The van der Waals surface area contributed by atoms with Gasteiger partial charge >= 0.3 is 0 Å². The minimum Gasteiger partial charge on any atom is -0.496 e. The van der Waals surface area contributed by atoms with Crippen LogP contribution in [-0.2, 0) is 6.42 Å². The summed E-state index contributed by atoms with van der Waals surface area (Å²) >= 11 is 3.51. The topological polar surface area (TPSA) is 29.5 Å². The molecule has 2 nitrogen and oxygen atoms in total. The summed E-state index contributed by atoms with van der Waals surface area (Å²) in [7, 11) is 1.67. The molecule has 1 aromatic rings. The Kier molecular flexibility index (Phi) is 4.68. The molecule has 3 atom stereocenters. The van der Waals surface area contributed by atoms with Crippen LogP contribution in [0.3, 0.4) is 0 Å². The number of benzene rings is 1. The van der Waals surface area contributed by atoms with Crippen LogP contribution >= 0.6 is 15.9 Å². The lowest BCUT2D eigenvalue weighted by Crippen LogP contribution is -2.29. The SMILES string of the molecule is COc1ccc(CC2CC(C)CCC2O)cc1Br. The molecule has 2 rings (SSSR count). The molecule has 1 aliphatic rings. The summed E-state index contributed by atoms with van der Waals surface area (Å²) in [5.41, 5.74) is 1.26. The third kappa shape index (κ3) is 3.27. The average Bonchev–Trinajstić information content (AvgIpc) is 2.34. The maximum atomic E-state index is 10.1. The fourth-order valence-electron chi connectivity index (χ4n) is 2.84. The number of aliphatic hydroxyl groups excluding tert-OH is 1. The molecule has 3 unspecified atom stereocenters. The number of ether oxygens (including phenoxy) is 1. The molecule has 1 fully saturated rings. The molecule has 0 spiro atoms. The first kappa shape index (κ1) is 13.9. The van der Waals surface area contributed by atoms with Crippen LogP contribution < -0.4 is 4.74 Å². The lowest BCUT2D eigenvalue weighted by atomic mass is 9.77. The van der Waals surface area contributed by atoms with Crippen molar-refractivity contribution in [1.82, 2.24) is 0 Å². The smallest absolute Gasteiger partial charge is 0.133 e. The summed E-state index contributed by atoms with van der Waals surface area (Å²) in [5, 5.41) is 10.1. The van der Waals surface area contributed by atoms with Crippen molar-refractivity contribution in [3.63, 3.8) is 0 Å². The van der Waals surface area contributed by atoms with Gasteiger partial charge in [-0.3, -0.25) is 0 Å². The first-order chi connectivity index (χ1) is 8.60. The number of rotatable bonds is 3. The zero-order valence-electron chi connectivity index (χ0n) is 11.0. The van der Waals surface area contributed by atoms with E-state index in [9.17, 15) is 5.11 Å². The third-order valence-corrected chi connectivity index (χ3v) is 4.54. The number of hydrogen-bond donors (Lipinski definition) is 1. The molecule has 1 saturated carbocycles. The van der Waals surface area contributed by atoms with Gasteiger partial charge in [-0.25, -0.2) is 0 Å². The van der Waals surface area contributed by atoms with Crippen molar-refractivity contribution in [3.8, 4) is 5.75 Å². The lowest BCUT2D eigenvalue weighted by molar-refractivity contribution is 0.0519. The van der Waals surface area contributed by atoms with Crippen molar-refractivity contribution in [3.05, 3.63) is 28.2 Å². The van der Waals surface area contributed by atoms with Gasteiger partial charge in [-0.15, -0.1) is 0 Å². The third-order valence-electron chi connectivity index (χ3n) is 3.92. The Morgan fingerprint density at radius 3 is 2.83 bits per heavy atom. The number of halogens is 1. The Bertz CT molecular complexity index is 405. The molecule has 1 aromatic carbocycles. The van der Waals surface area contributed by atoms with Crippen LogP contribution in [0.4, 0.5) is 0 Å². The van der Waals surface area contributed by atoms with Gasteiger partial charge in [0.05, 0.1) is 17.7 Å². The minimum absolute atomic E-state index is 0.137. The first-order valence-electron chi connectivity index (χ1n) is 6.60. The molecular weight excluding hydrogens is 292 g/mol. The summed E-state index contributed by atoms with van der Waals surface area (Å²) in [4.78, 5) is 0. The molecule has 0 radical (unpaired) electrons. The van der Waals surface area contributed by atoms with Crippen molar-refractivity contribution < 1.29 is 9.84 Å². The van der Waals surface area contributed by atoms with Crippen molar-refractivity contribution in [2.24, 2.45) is 11.8 Å². The molecule has 1 N–H and O–H groups in total. The fourth-order valence-corrected chi connectivity index (χ4v) is 3.43. The van der Waals surface area contributed by atoms with Gasteiger partial charge in [0.1, 0.15) is 5.75 Å². The van der Waals surface area contributed by atoms with Crippen molar-refractivity contribution in [2.75, 3.05) is 7.11 Å². The Morgan fingerprint density at radius 1 is 1.39 bits per heavy atom. The summed E-state index contributed by atoms with van der Waals surface area (Å²) in [5.74, 6) is 1.99. The Hall–Kier alpha value is -0.540. The van der Waals surface area contributed by atoms with Gasteiger partial charge < -0.3 is 9.84 Å². The quantitative estimate of drug-likeness (QED) is 0.920. The highest BCUT2D eigenvalue weighted by Crippen LogP contribution is 2.33. The summed E-state index contributed by atoms with van der Waals surface area (Å²) in [6.07, 6.45) is 4.05. The van der Waals surface area contributed by atoms with E-state index < -0.39 is 0 Å². The molecule has 1 aliphatic carbocycles. The number of hydrogen-bond acceptors (Lipinski definition) is 2. The van der Waals surface area contributed by atoms with E-state index in [1.165, 1.54) is 5.56 Å². The lowest BCUT2D eigenvalue weighted by Gasteiger charge is -2.31. The van der Waals surface area contributed by atoms with Crippen LogP contribution in [-0.4, -0.2) is 18.3 Å². The van der Waals surface area contributed by atoms with E-state index >= 15 is 0 Å². The van der Waals surface area contributed by atoms with Gasteiger partial charge in [-0.1, -0.05) is 13.0 Å². The van der Waals surface area contributed by atoms with E-state index in [4.69, 9.17) is 4.74 Å². The zero-order valence-corrected chi connectivity index (χ0v) is 12.6. The van der Waals surface area contributed by atoms with Crippen LogP contribution in [0.5, 0.6) is 5.75 Å². The molecule has 0 heterocycles. The van der Waals surface area contributed by atoms with Crippen LogP contribution in [0, 0.1) is 11.8 Å². The second-order valence-corrected chi connectivity index (χ2v) is 6.27. The molecular formula is C15H21BrO2. The molecule has 0 aromatic heterocycles. The van der Waals surface area contributed by atoms with Gasteiger partial charge in [0.25, 0.3) is 0 Å². The fraction of sp³-hybridized carbons (Fsp3) is 0.600. The van der Waals surface area contributed by atoms with E-state index in [0.29, 0.717) is 5.92 Å². The van der Waals surface area contributed by atoms with E-state index in [-0.39, 0.29) is 6.10 Å². The number of methoxy groups -OCH3 is 1. The Morgan fingerprint density at radius 2 is 2.17 bits per heavy atom. The largest absolute Gasteiger partial charge is 0.496 e. The van der Waals surface area contributed by atoms with Gasteiger partial charge in [-0.05, 0) is 71.1 Å². The Balaban J connectivity index is 2.06. The van der Waals surface area contributed by atoms with Gasteiger partial charge in [-0.2, -0.15) is 0 Å². The highest BCUT2D eigenvalue weighted by molar-refractivity contribution is 9.10. The molecule has 100 valence electrons. The standard InChI is InChI=1S/C15H21BrO2/c1-10-3-5-14(17)12(7-10)8-11-4-6-15(18-2)13(16)9-11/h4,6,9-10,12,14,17H,3,5,7-8H2,1-2H3. The van der Waals surface area contributed by atoms with Crippen LogP contribution in [0.25, 0.3) is 0 Å². The summed E-state index contributed by atoms with van der Waals surface area (Å²) < 4.78 is 6.22. The Labute approximate surface area is 117 Å². The summed E-state index contributed by atoms with van der Waals surface area (Å²) in [6, 6.07) is 6.18. The minimum atomic E-state index is -0.137. The first-order valence-corrected chi connectivity index (χ1v) is 7.40. The van der Waals surface area contributed by atoms with Crippen molar-refractivity contribution >= 4 is 15.9 Å². The maximum absolute atomic E-state index is 10.1. The van der Waals surface area contributed by atoms with Gasteiger partial charge in [0.15, 0.2) is 0 Å². The molecule has 0 bridgehead atoms. The van der Waals surface area contributed by atoms with Crippen LogP contribution in [0.1, 0.15) is 31.7 Å². The second kappa shape index (κ2) is 6.07. The molecule has 3 heteroatoms.